The third-order valence-corrected chi connectivity index (χ3v) is 4.45. The van der Waals surface area contributed by atoms with Gasteiger partial charge < -0.3 is 10.0 Å². The first-order valence-electron chi connectivity index (χ1n) is 6.45. The number of amides is 1. The average molecular weight is 304 g/mol. The van der Waals surface area contributed by atoms with Crippen molar-refractivity contribution in [2.24, 2.45) is 0 Å². The second kappa shape index (κ2) is 5.17. The molecule has 108 valence electrons. The molecule has 0 aliphatic carbocycles. The number of para-hydroxylation sites is 1. The Balaban J connectivity index is 1.98. The van der Waals surface area contributed by atoms with Gasteiger partial charge in [0.15, 0.2) is 0 Å². The Labute approximate surface area is 124 Å². The topological polar surface area (TPSA) is 83.7 Å². The van der Waals surface area contributed by atoms with Crippen molar-refractivity contribution in [3.8, 4) is 5.75 Å². The first-order chi connectivity index (χ1) is 10.1. The van der Waals surface area contributed by atoms with Crippen molar-refractivity contribution in [2.75, 3.05) is 11.4 Å². The Kier molecular flexibility index (Phi) is 3.34. The van der Waals surface area contributed by atoms with Crippen LogP contribution >= 0.6 is 11.3 Å². The van der Waals surface area contributed by atoms with Gasteiger partial charge >= 0.3 is 5.00 Å². The van der Waals surface area contributed by atoms with Gasteiger partial charge in [0.1, 0.15) is 5.75 Å². The van der Waals surface area contributed by atoms with Crippen LogP contribution in [0.25, 0.3) is 0 Å². The first kappa shape index (κ1) is 13.6. The van der Waals surface area contributed by atoms with Crippen molar-refractivity contribution in [1.82, 2.24) is 0 Å². The number of hydrogen-bond acceptors (Lipinski definition) is 5. The standard InChI is InChI=1S/C14H12N2O4S/c17-10-5-1-3-9-4-2-8-15(13(9)10)14(18)11-6-7-12(21-11)16(19)20/h1,3,5-7,17H,2,4,8H2. The van der Waals surface area contributed by atoms with Gasteiger partial charge in [0.05, 0.1) is 15.5 Å². The highest BCUT2D eigenvalue weighted by Crippen LogP contribution is 2.37. The highest BCUT2D eigenvalue weighted by atomic mass is 32.1. The minimum absolute atomic E-state index is 0.0617. The fourth-order valence-corrected chi connectivity index (χ4v) is 3.28. The van der Waals surface area contributed by atoms with Crippen LogP contribution in [0.4, 0.5) is 10.7 Å². The van der Waals surface area contributed by atoms with Gasteiger partial charge in [-0.3, -0.25) is 14.9 Å². The van der Waals surface area contributed by atoms with E-state index in [-0.39, 0.29) is 16.7 Å². The number of rotatable bonds is 2. The summed E-state index contributed by atoms with van der Waals surface area (Å²) in [4.78, 5) is 24.6. The Morgan fingerprint density at radius 1 is 1.33 bits per heavy atom. The molecule has 0 saturated heterocycles. The largest absolute Gasteiger partial charge is 0.506 e. The molecule has 1 aliphatic heterocycles. The van der Waals surface area contributed by atoms with E-state index in [1.165, 1.54) is 17.0 Å². The molecule has 0 spiro atoms. The average Bonchev–Trinajstić information content (AvgIpc) is 2.96. The molecule has 6 nitrogen and oxygen atoms in total. The van der Waals surface area contributed by atoms with E-state index in [1.54, 1.807) is 12.1 Å². The van der Waals surface area contributed by atoms with Crippen LogP contribution in [-0.2, 0) is 6.42 Å². The number of anilines is 1. The van der Waals surface area contributed by atoms with Crippen molar-refractivity contribution in [3.05, 3.63) is 50.9 Å². The fourth-order valence-electron chi connectivity index (χ4n) is 2.51. The van der Waals surface area contributed by atoms with Crippen LogP contribution in [-0.4, -0.2) is 22.5 Å². The number of thiophene rings is 1. The van der Waals surface area contributed by atoms with Crippen molar-refractivity contribution < 1.29 is 14.8 Å². The summed E-state index contributed by atoms with van der Waals surface area (Å²) in [6, 6.07) is 7.96. The van der Waals surface area contributed by atoms with Gasteiger partial charge in [0.2, 0.25) is 0 Å². The van der Waals surface area contributed by atoms with Gasteiger partial charge in [-0.2, -0.15) is 0 Å². The Bertz CT molecular complexity index is 726. The van der Waals surface area contributed by atoms with Crippen molar-refractivity contribution in [3.63, 3.8) is 0 Å². The summed E-state index contributed by atoms with van der Waals surface area (Å²) in [5, 5.41) is 20.7. The summed E-state index contributed by atoms with van der Waals surface area (Å²) in [6.07, 6.45) is 1.60. The van der Waals surface area contributed by atoms with Crippen LogP contribution in [0.2, 0.25) is 0 Å². The van der Waals surface area contributed by atoms with E-state index in [2.05, 4.69) is 0 Å². The molecular formula is C14H12N2O4S. The normalized spacial score (nSPS) is 13.8. The smallest absolute Gasteiger partial charge is 0.324 e. The van der Waals surface area contributed by atoms with Gasteiger partial charge in [0, 0.05) is 12.6 Å². The van der Waals surface area contributed by atoms with Gasteiger partial charge in [0.25, 0.3) is 5.91 Å². The molecule has 1 N–H and O–H groups in total. The zero-order valence-electron chi connectivity index (χ0n) is 11.0. The number of fused-ring (bicyclic) bond motifs is 1. The lowest BCUT2D eigenvalue weighted by Gasteiger charge is -2.29. The zero-order chi connectivity index (χ0) is 15.0. The number of aryl methyl sites for hydroxylation is 1. The molecule has 3 rings (SSSR count). The van der Waals surface area contributed by atoms with Crippen LogP contribution < -0.4 is 4.90 Å². The van der Waals surface area contributed by atoms with Gasteiger partial charge in [-0.25, -0.2) is 0 Å². The molecule has 1 aromatic carbocycles. The third kappa shape index (κ3) is 2.36. The monoisotopic (exact) mass is 304 g/mol. The Morgan fingerprint density at radius 2 is 2.14 bits per heavy atom. The molecule has 1 aliphatic rings. The number of phenolic OH excluding ortho intramolecular Hbond substituents is 1. The van der Waals surface area contributed by atoms with E-state index < -0.39 is 4.92 Å². The second-order valence-corrected chi connectivity index (χ2v) is 5.80. The predicted molar refractivity (Wildman–Crippen MR) is 79.1 cm³/mol. The predicted octanol–water partition coefficient (Wildman–Crippen LogP) is 2.95. The molecule has 0 fully saturated rings. The number of phenols is 1. The van der Waals surface area contributed by atoms with Crippen LogP contribution in [0.15, 0.2) is 30.3 Å². The molecular weight excluding hydrogens is 292 g/mol. The quantitative estimate of drug-likeness (QED) is 0.683. The second-order valence-electron chi connectivity index (χ2n) is 4.74. The summed E-state index contributed by atoms with van der Waals surface area (Å²) < 4.78 is 0. The van der Waals surface area contributed by atoms with E-state index in [9.17, 15) is 20.0 Å². The molecule has 21 heavy (non-hydrogen) atoms. The molecule has 1 aromatic heterocycles. The molecule has 0 saturated carbocycles. The molecule has 0 radical (unpaired) electrons. The summed E-state index contributed by atoms with van der Waals surface area (Å²) >= 11 is 0.851. The number of hydrogen-bond donors (Lipinski definition) is 1. The van der Waals surface area contributed by atoms with Crippen LogP contribution in [0.5, 0.6) is 5.75 Å². The Morgan fingerprint density at radius 3 is 2.86 bits per heavy atom. The maximum atomic E-state index is 12.6. The lowest BCUT2D eigenvalue weighted by molar-refractivity contribution is -0.380. The van der Waals surface area contributed by atoms with E-state index >= 15 is 0 Å². The highest BCUT2D eigenvalue weighted by Gasteiger charge is 2.28. The number of nitro groups is 1. The lowest BCUT2D eigenvalue weighted by Crippen LogP contribution is -2.35. The van der Waals surface area contributed by atoms with Crippen LogP contribution in [0.3, 0.4) is 0 Å². The highest BCUT2D eigenvalue weighted by molar-refractivity contribution is 7.17. The minimum Gasteiger partial charge on any atom is -0.506 e. The molecule has 1 amide bonds. The first-order valence-corrected chi connectivity index (χ1v) is 7.26. The molecule has 7 heteroatoms. The van der Waals surface area contributed by atoms with Gasteiger partial charge in [-0.15, -0.1) is 0 Å². The molecule has 0 bridgehead atoms. The summed E-state index contributed by atoms with van der Waals surface area (Å²) in [6.45, 7) is 0.495. The number of carbonyl (C=O) groups excluding carboxylic acids is 1. The van der Waals surface area contributed by atoms with Gasteiger partial charge in [-0.05, 0) is 30.5 Å². The molecule has 0 unspecified atom stereocenters. The number of aromatic hydroxyl groups is 1. The summed E-state index contributed by atoms with van der Waals surface area (Å²) in [7, 11) is 0. The maximum absolute atomic E-state index is 12.6. The van der Waals surface area contributed by atoms with Crippen LogP contribution in [0, 0.1) is 10.1 Å². The zero-order valence-corrected chi connectivity index (χ0v) is 11.8. The number of benzene rings is 1. The molecule has 0 atom stereocenters. The maximum Gasteiger partial charge on any atom is 0.324 e. The van der Waals surface area contributed by atoms with E-state index in [4.69, 9.17) is 0 Å². The molecule has 2 heterocycles. The van der Waals surface area contributed by atoms with Crippen molar-refractivity contribution >= 4 is 27.9 Å². The van der Waals surface area contributed by atoms with Crippen molar-refractivity contribution in [1.29, 1.82) is 0 Å². The van der Waals surface area contributed by atoms with E-state index in [1.807, 2.05) is 6.07 Å². The number of carbonyl (C=O) groups is 1. The van der Waals surface area contributed by atoms with Gasteiger partial charge in [-0.1, -0.05) is 23.5 Å². The van der Waals surface area contributed by atoms with E-state index in [0.29, 0.717) is 17.1 Å². The van der Waals surface area contributed by atoms with Crippen molar-refractivity contribution in [2.45, 2.75) is 12.8 Å². The third-order valence-electron chi connectivity index (χ3n) is 3.42. The summed E-state index contributed by atoms with van der Waals surface area (Å²) in [5.41, 5.74) is 1.44. The lowest BCUT2D eigenvalue weighted by atomic mass is 10.0. The number of nitrogens with zero attached hydrogens (tertiary/aromatic N) is 2. The Hall–Kier alpha value is -2.41. The van der Waals surface area contributed by atoms with Crippen LogP contribution in [0.1, 0.15) is 21.7 Å². The SMILES string of the molecule is O=C(c1ccc([N+](=O)[O-])s1)N1CCCc2cccc(O)c21. The minimum atomic E-state index is -0.511. The molecule has 2 aromatic rings. The van der Waals surface area contributed by atoms with E-state index in [0.717, 1.165) is 29.7 Å². The fraction of sp³-hybridized carbons (Fsp3) is 0.214. The summed E-state index contributed by atoms with van der Waals surface area (Å²) in [5.74, 6) is -0.248.